The lowest BCUT2D eigenvalue weighted by atomic mass is 10.1. The highest BCUT2D eigenvalue weighted by atomic mass is 19.1. The van der Waals surface area contributed by atoms with Crippen molar-refractivity contribution in [1.82, 2.24) is 15.0 Å². The Morgan fingerprint density at radius 3 is 2.73 bits per heavy atom. The molecule has 3 rings (SSSR count). The van der Waals surface area contributed by atoms with Crippen LogP contribution in [0.5, 0.6) is 0 Å². The van der Waals surface area contributed by atoms with Crippen LogP contribution in [0.4, 0.5) is 20.3 Å². The Kier molecular flexibility index (Phi) is 4.66. The van der Waals surface area contributed by atoms with Crippen molar-refractivity contribution in [2.24, 2.45) is 0 Å². The summed E-state index contributed by atoms with van der Waals surface area (Å²) in [5, 5.41) is 9.93. The third-order valence-electron chi connectivity index (χ3n) is 3.99. The number of amides is 1. The van der Waals surface area contributed by atoms with Crippen molar-refractivity contribution >= 4 is 17.4 Å². The van der Waals surface area contributed by atoms with Crippen LogP contribution in [0.3, 0.4) is 0 Å². The van der Waals surface area contributed by atoms with E-state index in [0.29, 0.717) is 6.54 Å². The van der Waals surface area contributed by atoms with Crippen molar-refractivity contribution in [2.45, 2.75) is 20.4 Å². The van der Waals surface area contributed by atoms with Gasteiger partial charge in [-0.3, -0.25) is 4.79 Å². The number of hydrogen-bond acceptors (Lipinski definition) is 4. The minimum Gasteiger partial charge on any atom is -0.382 e. The molecule has 0 atom stereocenters. The first kappa shape index (κ1) is 17.5. The van der Waals surface area contributed by atoms with Gasteiger partial charge in [0.2, 0.25) is 0 Å². The van der Waals surface area contributed by atoms with Crippen LogP contribution in [0.1, 0.15) is 27.2 Å². The highest BCUT2D eigenvalue weighted by molar-refractivity contribution is 6.05. The second-order valence-corrected chi connectivity index (χ2v) is 5.99. The van der Waals surface area contributed by atoms with Crippen molar-refractivity contribution < 1.29 is 13.6 Å². The van der Waals surface area contributed by atoms with E-state index in [1.54, 1.807) is 0 Å². The van der Waals surface area contributed by atoms with Crippen LogP contribution in [-0.4, -0.2) is 20.9 Å². The molecule has 0 bridgehead atoms. The van der Waals surface area contributed by atoms with Crippen LogP contribution in [-0.2, 0) is 6.54 Å². The van der Waals surface area contributed by atoms with Crippen LogP contribution in [0.25, 0.3) is 0 Å². The largest absolute Gasteiger partial charge is 0.382 e. The molecule has 3 aromatic rings. The molecule has 26 heavy (non-hydrogen) atoms. The number of benzene rings is 2. The van der Waals surface area contributed by atoms with Gasteiger partial charge in [-0.2, -0.15) is 0 Å². The zero-order valence-corrected chi connectivity index (χ0v) is 14.3. The molecule has 0 radical (unpaired) electrons. The Morgan fingerprint density at radius 2 is 1.96 bits per heavy atom. The fourth-order valence-corrected chi connectivity index (χ4v) is 2.51. The quantitative estimate of drug-likeness (QED) is 0.751. The lowest BCUT2D eigenvalue weighted by Gasteiger charge is -2.08. The molecule has 2 aromatic carbocycles. The first-order chi connectivity index (χ1) is 12.3. The SMILES string of the molecule is Cc1ccc(C)c(Cn2nnc(C(=O)Nc3cc(F)ccc3F)c2N)c1. The van der Waals surface area contributed by atoms with Gasteiger partial charge in [0.1, 0.15) is 11.6 Å². The highest BCUT2D eigenvalue weighted by Crippen LogP contribution is 2.19. The number of nitrogen functional groups attached to an aromatic ring is 1. The molecule has 134 valence electrons. The van der Waals surface area contributed by atoms with E-state index in [1.807, 2.05) is 32.0 Å². The van der Waals surface area contributed by atoms with Gasteiger partial charge in [0.15, 0.2) is 11.5 Å². The summed E-state index contributed by atoms with van der Waals surface area (Å²) in [5.41, 5.74) is 8.66. The molecule has 0 spiro atoms. The molecular weight excluding hydrogens is 340 g/mol. The summed E-state index contributed by atoms with van der Waals surface area (Å²) in [5.74, 6) is -2.16. The van der Waals surface area contributed by atoms with Gasteiger partial charge >= 0.3 is 0 Å². The van der Waals surface area contributed by atoms with Crippen LogP contribution >= 0.6 is 0 Å². The zero-order chi connectivity index (χ0) is 18.8. The summed E-state index contributed by atoms with van der Waals surface area (Å²) in [6.07, 6.45) is 0. The van der Waals surface area contributed by atoms with Crippen molar-refractivity contribution in [3.05, 3.63) is 70.4 Å². The summed E-state index contributed by atoms with van der Waals surface area (Å²) >= 11 is 0. The van der Waals surface area contributed by atoms with E-state index >= 15 is 0 Å². The maximum atomic E-state index is 13.7. The van der Waals surface area contributed by atoms with E-state index < -0.39 is 17.5 Å². The summed E-state index contributed by atoms with van der Waals surface area (Å²) < 4.78 is 28.3. The number of nitrogens with two attached hydrogens (primary N) is 1. The summed E-state index contributed by atoms with van der Waals surface area (Å²) in [6.45, 7) is 4.27. The molecule has 1 amide bonds. The number of carbonyl (C=O) groups excluding carboxylic acids is 1. The minimum absolute atomic E-state index is 0.0419. The van der Waals surface area contributed by atoms with Crippen LogP contribution in [0, 0.1) is 25.5 Å². The Bertz CT molecular complexity index is 984. The Morgan fingerprint density at radius 1 is 1.19 bits per heavy atom. The van der Waals surface area contributed by atoms with Gasteiger partial charge in [0, 0.05) is 6.07 Å². The monoisotopic (exact) mass is 357 g/mol. The summed E-state index contributed by atoms with van der Waals surface area (Å²) in [4.78, 5) is 12.3. The third-order valence-corrected chi connectivity index (χ3v) is 3.99. The minimum atomic E-state index is -0.765. The predicted octanol–water partition coefficient (Wildman–Crippen LogP) is 3.06. The Balaban J connectivity index is 1.83. The second kappa shape index (κ2) is 6.91. The number of carbonyl (C=O) groups is 1. The molecule has 6 nitrogen and oxygen atoms in total. The highest BCUT2D eigenvalue weighted by Gasteiger charge is 2.19. The van der Waals surface area contributed by atoms with Gasteiger partial charge in [0.05, 0.1) is 12.2 Å². The van der Waals surface area contributed by atoms with Gasteiger partial charge < -0.3 is 11.1 Å². The van der Waals surface area contributed by atoms with Crippen LogP contribution in [0.2, 0.25) is 0 Å². The topological polar surface area (TPSA) is 85.8 Å². The molecule has 1 heterocycles. The third kappa shape index (κ3) is 3.53. The number of hydrogen-bond donors (Lipinski definition) is 2. The number of rotatable bonds is 4. The molecule has 0 saturated carbocycles. The molecule has 0 saturated heterocycles. The van der Waals surface area contributed by atoms with Gasteiger partial charge in [0.25, 0.3) is 5.91 Å². The van der Waals surface area contributed by atoms with E-state index in [-0.39, 0.29) is 17.2 Å². The van der Waals surface area contributed by atoms with Gasteiger partial charge in [-0.25, -0.2) is 13.5 Å². The molecule has 8 heteroatoms. The molecule has 0 aliphatic heterocycles. The fourth-order valence-electron chi connectivity index (χ4n) is 2.51. The van der Waals surface area contributed by atoms with Crippen LogP contribution < -0.4 is 11.1 Å². The maximum absolute atomic E-state index is 13.7. The number of nitrogens with zero attached hydrogens (tertiary/aromatic N) is 3. The second-order valence-electron chi connectivity index (χ2n) is 5.99. The summed E-state index contributed by atoms with van der Waals surface area (Å²) in [6, 6.07) is 8.74. The standard InChI is InChI=1S/C18H17F2N5O/c1-10-3-4-11(2)12(7-10)9-25-17(21)16(23-24-25)18(26)22-15-8-13(19)5-6-14(15)20/h3-8H,9,21H2,1-2H3,(H,22,26). The lowest BCUT2D eigenvalue weighted by molar-refractivity contribution is 0.102. The average Bonchev–Trinajstić information content (AvgIpc) is 2.95. The summed E-state index contributed by atoms with van der Waals surface area (Å²) in [7, 11) is 0. The molecule has 3 N–H and O–H groups in total. The number of anilines is 2. The van der Waals surface area contributed by atoms with E-state index in [2.05, 4.69) is 15.6 Å². The number of aromatic nitrogens is 3. The Labute approximate surface area is 148 Å². The van der Waals surface area contributed by atoms with E-state index in [1.165, 1.54) is 4.68 Å². The maximum Gasteiger partial charge on any atom is 0.280 e. The molecule has 0 aliphatic rings. The van der Waals surface area contributed by atoms with Gasteiger partial charge in [-0.05, 0) is 37.1 Å². The normalized spacial score (nSPS) is 10.8. The molecule has 1 aromatic heterocycles. The van der Waals surface area contributed by atoms with E-state index in [4.69, 9.17) is 5.73 Å². The lowest BCUT2D eigenvalue weighted by Crippen LogP contribution is -2.16. The van der Waals surface area contributed by atoms with E-state index in [0.717, 1.165) is 34.9 Å². The van der Waals surface area contributed by atoms with Crippen molar-refractivity contribution in [1.29, 1.82) is 0 Å². The predicted molar refractivity (Wildman–Crippen MR) is 93.8 cm³/mol. The van der Waals surface area contributed by atoms with E-state index in [9.17, 15) is 13.6 Å². The Hall–Kier alpha value is -3.29. The fraction of sp³-hybridized carbons (Fsp3) is 0.167. The number of halogens is 2. The zero-order valence-electron chi connectivity index (χ0n) is 14.3. The molecule has 0 aliphatic carbocycles. The van der Waals surface area contributed by atoms with Crippen molar-refractivity contribution in [3.63, 3.8) is 0 Å². The first-order valence-corrected chi connectivity index (χ1v) is 7.86. The van der Waals surface area contributed by atoms with Gasteiger partial charge in [-0.15, -0.1) is 5.10 Å². The van der Waals surface area contributed by atoms with Crippen molar-refractivity contribution in [2.75, 3.05) is 11.1 Å². The molecular formula is C18H17F2N5O. The average molecular weight is 357 g/mol. The number of nitrogens with one attached hydrogen (secondary N) is 1. The molecule has 0 fully saturated rings. The molecule has 0 unspecified atom stereocenters. The first-order valence-electron chi connectivity index (χ1n) is 7.86. The van der Waals surface area contributed by atoms with Gasteiger partial charge in [-0.1, -0.05) is 29.0 Å². The smallest absolute Gasteiger partial charge is 0.280 e. The van der Waals surface area contributed by atoms with Crippen molar-refractivity contribution in [3.8, 4) is 0 Å². The number of aryl methyl sites for hydroxylation is 2. The van der Waals surface area contributed by atoms with Crippen LogP contribution in [0.15, 0.2) is 36.4 Å².